The Morgan fingerprint density at radius 1 is 1.00 bits per heavy atom. The van der Waals surface area contributed by atoms with Gasteiger partial charge >= 0.3 is 11.9 Å². The normalized spacial score (nSPS) is 17.2. The summed E-state index contributed by atoms with van der Waals surface area (Å²) in [4.78, 5) is 46.8. The van der Waals surface area contributed by atoms with Gasteiger partial charge in [0.15, 0.2) is 0 Å². The molecule has 8 nitrogen and oxygen atoms in total. The molecule has 1 fully saturated rings. The van der Waals surface area contributed by atoms with E-state index < -0.39 is 23.7 Å². The number of carbonyl (C=O) groups excluding carboxylic acids is 2. The fraction of sp³-hybridized carbons (Fsp3) is 0.111. The van der Waals surface area contributed by atoms with Gasteiger partial charge in [-0.25, -0.2) is 9.78 Å². The number of imidazole rings is 1. The van der Waals surface area contributed by atoms with Gasteiger partial charge in [-0.3, -0.25) is 14.5 Å². The first-order valence-corrected chi connectivity index (χ1v) is 11.8. The SMILES string of the molecule is Cc1cccc(C2/C(=C(\O)c3ccc(Br)c(C)c3)C(=O)C(=O)N2c2nc3ccc(C(=O)O)cc3[nH]2)c1. The van der Waals surface area contributed by atoms with Crippen molar-refractivity contribution >= 4 is 56.3 Å². The average molecular weight is 546 g/mol. The molecular weight excluding hydrogens is 526 g/mol. The van der Waals surface area contributed by atoms with Gasteiger partial charge in [0.25, 0.3) is 5.78 Å². The number of nitrogens with one attached hydrogen (secondary N) is 1. The fourth-order valence-electron chi connectivity index (χ4n) is 4.40. The minimum absolute atomic E-state index is 0.0561. The minimum atomic E-state index is -1.10. The molecule has 0 aliphatic carbocycles. The number of nitrogens with zero attached hydrogens (tertiary/aromatic N) is 2. The molecular formula is C27H20BrN3O5. The van der Waals surface area contributed by atoms with Crippen molar-refractivity contribution in [3.05, 3.63) is 98.5 Å². The van der Waals surface area contributed by atoms with E-state index >= 15 is 0 Å². The molecule has 0 spiro atoms. The van der Waals surface area contributed by atoms with Crippen LogP contribution in [0.5, 0.6) is 0 Å². The second kappa shape index (κ2) is 8.76. The third kappa shape index (κ3) is 3.87. The van der Waals surface area contributed by atoms with Crippen LogP contribution in [0.1, 0.15) is 38.7 Å². The third-order valence-electron chi connectivity index (χ3n) is 6.18. The lowest BCUT2D eigenvalue weighted by molar-refractivity contribution is -0.132. The molecule has 1 saturated heterocycles. The summed E-state index contributed by atoms with van der Waals surface area (Å²) in [5.74, 6) is -3.01. The first kappa shape index (κ1) is 23.5. The van der Waals surface area contributed by atoms with Crippen LogP contribution in [-0.4, -0.2) is 37.8 Å². The van der Waals surface area contributed by atoms with Crippen LogP contribution >= 0.6 is 15.9 Å². The Hall–Kier alpha value is -4.24. The number of ketones is 1. The van der Waals surface area contributed by atoms with Crippen molar-refractivity contribution in [2.24, 2.45) is 0 Å². The van der Waals surface area contributed by atoms with Gasteiger partial charge in [0.05, 0.1) is 28.2 Å². The molecule has 1 atom stereocenters. The summed E-state index contributed by atoms with van der Waals surface area (Å²) in [5, 5.41) is 20.6. The monoisotopic (exact) mass is 545 g/mol. The van der Waals surface area contributed by atoms with Crippen LogP contribution < -0.4 is 4.90 Å². The van der Waals surface area contributed by atoms with Crippen molar-refractivity contribution in [3.63, 3.8) is 0 Å². The molecule has 1 aromatic heterocycles. The lowest BCUT2D eigenvalue weighted by atomic mass is 9.94. The van der Waals surface area contributed by atoms with E-state index in [4.69, 9.17) is 0 Å². The van der Waals surface area contributed by atoms with Crippen LogP contribution in [0.4, 0.5) is 5.95 Å². The second-order valence-corrected chi connectivity index (χ2v) is 9.50. The van der Waals surface area contributed by atoms with Gasteiger partial charge in [0.1, 0.15) is 5.76 Å². The highest BCUT2D eigenvalue weighted by atomic mass is 79.9. The second-order valence-electron chi connectivity index (χ2n) is 8.64. The van der Waals surface area contributed by atoms with E-state index in [1.54, 1.807) is 24.3 Å². The summed E-state index contributed by atoms with van der Waals surface area (Å²) in [6.45, 7) is 3.75. The predicted molar refractivity (Wildman–Crippen MR) is 138 cm³/mol. The van der Waals surface area contributed by atoms with E-state index in [2.05, 4.69) is 25.9 Å². The van der Waals surface area contributed by atoms with Crippen LogP contribution in [0.15, 0.2) is 70.7 Å². The van der Waals surface area contributed by atoms with Gasteiger partial charge in [-0.2, -0.15) is 0 Å². The number of amides is 1. The number of carboxylic acids is 1. The summed E-state index contributed by atoms with van der Waals surface area (Å²) in [6, 6.07) is 15.9. The number of fused-ring (bicyclic) bond motifs is 1. The van der Waals surface area contributed by atoms with Crippen LogP contribution in [0.3, 0.4) is 0 Å². The maximum absolute atomic E-state index is 13.4. The van der Waals surface area contributed by atoms with Gasteiger partial charge in [0.2, 0.25) is 5.95 Å². The molecule has 36 heavy (non-hydrogen) atoms. The van der Waals surface area contributed by atoms with E-state index in [0.29, 0.717) is 22.2 Å². The van der Waals surface area contributed by atoms with Crippen molar-refractivity contribution in [1.29, 1.82) is 0 Å². The highest BCUT2D eigenvalue weighted by Crippen LogP contribution is 2.42. The van der Waals surface area contributed by atoms with E-state index in [1.807, 2.05) is 32.0 Å². The number of aromatic carboxylic acids is 1. The van der Waals surface area contributed by atoms with Crippen molar-refractivity contribution in [2.75, 3.05) is 4.90 Å². The zero-order valence-electron chi connectivity index (χ0n) is 19.2. The summed E-state index contributed by atoms with van der Waals surface area (Å²) in [7, 11) is 0. The number of aliphatic hydroxyl groups excluding tert-OH is 1. The number of aryl methyl sites for hydroxylation is 2. The number of benzene rings is 3. The van der Waals surface area contributed by atoms with Crippen molar-refractivity contribution < 1.29 is 24.6 Å². The number of rotatable bonds is 4. The Balaban J connectivity index is 1.73. The molecule has 0 radical (unpaired) electrons. The van der Waals surface area contributed by atoms with Gasteiger partial charge in [0, 0.05) is 10.0 Å². The molecule has 1 aliphatic rings. The number of halogens is 1. The van der Waals surface area contributed by atoms with Crippen molar-refractivity contribution in [3.8, 4) is 0 Å². The number of hydrogen-bond donors (Lipinski definition) is 3. The molecule has 9 heteroatoms. The quantitative estimate of drug-likeness (QED) is 0.182. The molecule has 1 amide bonds. The summed E-state index contributed by atoms with van der Waals surface area (Å²) >= 11 is 3.43. The van der Waals surface area contributed by atoms with E-state index in [-0.39, 0.29) is 22.8 Å². The number of Topliss-reactive ketones (excluding diaryl/α,β-unsaturated/α-hetero) is 1. The molecule has 1 aliphatic heterocycles. The van der Waals surface area contributed by atoms with Gasteiger partial charge in [-0.1, -0.05) is 51.8 Å². The molecule has 3 N–H and O–H groups in total. The number of carboxylic acid groups (broad SMARTS) is 1. The summed E-state index contributed by atoms with van der Waals surface area (Å²) in [6.07, 6.45) is 0. The molecule has 1 unspecified atom stereocenters. The zero-order valence-corrected chi connectivity index (χ0v) is 20.8. The number of anilines is 1. The van der Waals surface area contributed by atoms with Gasteiger partial charge in [-0.15, -0.1) is 0 Å². The largest absolute Gasteiger partial charge is 0.507 e. The number of hydrogen-bond acceptors (Lipinski definition) is 5. The van der Waals surface area contributed by atoms with E-state index in [0.717, 1.165) is 15.6 Å². The van der Waals surface area contributed by atoms with Crippen molar-refractivity contribution in [1.82, 2.24) is 9.97 Å². The molecule has 0 bridgehead atoms. The van der Waals surface area contributed by atoms with Gasteiger partial charge < -0.3 is 15.2 Å². The third-order valence-corrected chi connectivity index (χ3v) is 7.07. The zero-order chi connectivity index (χ0) is 25.7. The standard InChI is InChI=1S/C27H20BrN3O5/c1-13-4-3-5-15(10-13)22-21(23(32)16-6-8-18(28)14(2)11-16)24(33)25(34)31(22)27-29-19-9-7-17(26(35)36)12-20(19)30-27/h3-12,22,32H,1-2H3,(H,29,30)(H,35,36)/b23-21+. The lowest BCUT2D eigenvalue weighted by Crippen LogP contribution is -2.30. The maximum atomic E-state index is 13.4. The molecule has 0 saturated carbocycles. The van der Waals surface area contributed by atoms with Crippen LogP contribution in [0, 0.1) is 13.8 Å². The maximum Gasteiger partial charge on any atom is 0.335 e. The summed E-state index contributed by atoms with van der Waals surface area (Å²) in [5.41, 5.74) is 3.62. The van der Waals surface area contributed by atoms with Crippen molar-refractivity contribution in [2.45, 2.75) is 19.9 Å². The first-order chi connectivity index (χ1) is 17.2. The smallest absolute Gasteiger partial charge is 0.335 e. The molecule has 3 aromatic carbocycles. The first-order valence-electron chi connectivity index (χ1n) is 11.0. The Bertz CT molecular complexity index is 1620. The van der Waals surface area contributed by atoms with Crippen LogP contribution in [0.25, 0.3) is 16.8 Å². The predicted octanol–water partition coefficient (Wildman–Crippen LogP) is 5.27. The molecule has 2 heterocycles. The molecule has 5 rings (SSSR count). The topological polar surface area (TPSA) is 124 Å². The van der Waals surface area contributed by atoms with Gasteiger partial charge in [-0.05, 0) is 55.3 Å². The highest BCUT2D eigenvalue weighted by Gasteiger charge is 2.48. The summed E-state index contributed by atoms with van der Waals surface area (Å²) < 4.78 is 0.845. The Morgan fingerprint density at radius 2 is 1.75 bits per heavy atom. The number of carbonyl (C=O) groups is 3. The highest BCUT2D eigenvalue weighted by molar-refractivity contribution is 9.10. The minimum Gasteiger partial charge on any atom is -0.507 e. The average Bonchev–Trinajstić information content (AvgIpc) is 3.38. The lowest BCUT2D eigenvalue weighted by Gasteiger charge is -2.23. The molecule has 180 valence electrons. The number of H-pyrrole nitrogens is 1. The van der Waals surface area contributed by atoms with E-state index in [1.165, 1.54) is 23.1 Å². The number of aromatic nitrogens is 2. The van der Waals surface area contributed by atoms with E-state index in [9.17, 15) is 24.6 Å². The Morgan fingerprint density at radius 3 is 2.44 bits per heavy atom. The Kier molecular flexibility index (Phi) is 5.72. The fourth-order valence-corrected chi connectivity index (χ4v) is 4.64. The van der Waals surface area contributed by atoms with Crippen LogP contribution in [0.2, 0.25) is 0 Å². The Labute approximate surface area is 214 Å². The molecule has 4 aromatic rings. The number of aromatic amines is 1. The number of aliphatic hydroxyl groups is 1. The van der Waals surface area contributed by atoms with Crippen LogP contribution in [-0.2, 0) is 9.59 Å².